The first kappa shape index (κ1) is 11.9. The van der Waals surface area contributed by atoms with E-state index in [-0.39, 0.29) is 0 Å². The molecule has 0 amide bonds. The molecule has 0 fully saturated rings. The number of hydrogen-bond donors (Lipinski definition) is 1. The Morgan fingerprint density at radius 3 is 2.35 bits per heavy atom. The maximum absolute atomic E-state index is 6.50. The Morgan fingerprint density at radius 2 is 1.71 bits per heavy atom. The van der Waals surface area contributed by atoms with Crippen LogP contribution in [0.2, 0.25) is 0 Å². The zero-order chi connectivity index (χ0) is 12.5. The van der Waals surface area contributed by atoms with Gasteiger partial charge in [0.05, 0.1) is 5.54 Å². The molecular weight excluding hydrogens is 206 g/mol. The summed E-state index contributed by atoms with van der Waals surface area (Å²) < 4.78 is 0. The summed E-state index contributed by atoms with van der Waals surface area (Å²) in [5.41, 5.74) is 11.0. The fourth-order valence-electron chi connectivity index (χ4n) is 2.52. The Balaban J connectivity index is 2.73. The molecule has 1 aromatic carbocycles. The average molecular weight is 225 g/mol. The average Bonchev–Trinajstić information content (AvgIpc) is 2.52. The highest BCUT2D eigenvalue weighted by Crippen LogP contribution is 2.44. The van der Waals surface area contributed by atoms with Crippen LogP contribution in [0.5, 0.6) is 0 Å². The molecular formula is C16H19N. The molecule has 1 nitrogen and oxygen atoms in total. The molecule has 1 atom stereocenters. The number of nitrogens with two attached hydrogens (primary N) is 1. The largest absolute Gasteiger partial charge is 0.318 e. The standard InChI is InChI=1S/C16H19N/c1-4-8-12-13-10-6-7-11-15(13)16(3,17)14(12)9-5-2/h4-11H,17H2,1-3H3/b8-4-,9-5-. The van der Waals surface area contributed by atoms with E-state index >= 15 is 0 Å². The fourth-order valence-corrected chi connectivity index (χ4v) is 2.52. The van der Waals surface area contributed by atoms with Crippen LogP contribution < -0.4 is 5.73 Å². The normalized spacial score (nSPS) is 24.0. The van der Waals surface area contributed by atoms with E-state index in [0.717, 1.165) is 0 Å². The summed E-state index contributed by atoms with van der Waals surface area (Å²) in [4.78, 5) is 0. The summed E-state index contributed by atoms with van der Waals surface area (Å²) in [5.74, 6) is 0. The van der Waals surface area contributed by atoms with Crippen LogP contribution in [0.1, 0.15) is 31.9 Å². The molecule has 0 spiro atoms. The van der Waals surface area contributed by atoms with Gasteiger partial charge in [-0.25, -0.2) is 0 Å². The molecule has 17 heavy (non-hydrogen) atoms. The van der Waals surface area contributed by atoms with E-state index in [1.165, 1.54) is 22.3 Å². The summed E-state index contributed by atoms with van der Waals surface area (Å²) in [7, 11) is 0. The predicted molar refractivity (Wildman–Crippen MR) is 74.5 cm³/mol. The molecule has 1 aromatic rings. The highest BCUT2D eigenvalue weighted by atomic mass is 14.7. The molecule has 0 aromatic heterocycles. The predicted octanol–water partition coefficient (Wildman–Crippen LogP) is 3.78. The molecule has 2 N–H and O–H groups in total. The maximum Gasteiger partial charge on any atom is 0.0648 e. The number of benzene rings is 1. The molecule has 1 heteroatoms. The number of rotatable bonds is 2. The van der Waals surface area contributed by atoms with E-state index in [4.69, 9.17) is 5.73 Å². The monoisotopic (exact) mass is 225 g/mol. The summed E-state index contributed by atoms with van der Waals surface area (Å²) >= 11 is 0. The van der Waals surface area contributed by atoms with Crippen molar-refractivity contribution >= 4 is 5.57 Å². The summed E-state index contributed by atoms with van der Waals surface area (Å²) in [6.45, 7) is 6.14. The van der Waals surface area contributed by atoms with Crippen molar-refractivity contribution in [2.45, 2.75) is 26.3 Å². The van der Waals surface area contributed by atoms with Crippen LogP contribution in [0.3, 0.4) is 0 Å². The summed E-state index contributed by atoms with van der Waals surface area (Å²) in [6, 6.07) is 8.38. The van der Waals surface area contributed by atoms with Crippen LogP contribution in [0.15, 0.2) is 54.1 Å². The second kappa shape index (κ2) is 4.34. The smallest absolute Gasteiger partial charge is 0.0648 e. The SMILES string of the molecule is C/C=C\C1=C(/C=C\C)C(C)(N)c2ccccc21. The van der Waals surface area contributed by atoms with Gasteiger partial charge < -0.3 is 5.73 Å². The summed E-state index contributed by atoms with van der Waals surface area (Å²) in [5, 5.41) is 0. The van der Waals surface area contributed by atoms with E-state index in [1.54, 1.807) is 0 Å². The molecule has 1 aliphatic rings. The van der Waals surface area contributed by atoms with Crippen molar-refractivity contribution in [3.63, 3.8) is 0 Å². The molecule has 0 aliphatic heterocycles. The first-order valence-corrected chi connectivity index (χ1v) is 6.01. The van der Waals surface area contributed by atoms with Gasteiger partial charge in [-0.3, -0.25) is 0 Å². The molecule has 0 saturated carbocycles. The lowest BCUT2D eigenvalue weighted by Gasteiger charge is -2.22. The molecule has 0 saturated heterocycles. The first-order valence-electron chi connectivity index (χ1n) is 6.01. The van der Waals surface area contributed by atoms with Crippen LogP contribution in [0.4, 0.5) is 0 Å². The van der Waals surface area contributed by atoms with Gasteiger partial charge in [0.15, 0.2) is 0 Å². The second-order valence-electron chi connectivity index (χ2n) is 4.58. The van der Waals surface area contributed by atoms with Crippen molar-refractivity contribution in [2.75, 3.05) is 0 Å². The minimum atomic E-state index is -0.391. The third-order valence-corrected chi connectivity index (χ3v) is 3.29. The minimum absolute atomic E-state index is 0.391. The quantitative estimate of drug-likeness (QED) is 0.814. The third kappa shape index (κ3) is 1.77. The van der Waals surface area contributed by atoms with E-state index < -0.39 is 5.54 Å². The molecule has 1 unspecified atom stereocenters. The van der Waals surface area contributed by atoms with Gasteiger partial charge >= 0.3 is 0 Å². The van der Waals surface area contributed by atoms with Crippen molar-refractivity contribution < 1.29 is 0 Å². The van der Waals surface area contributed by atoms with Crippen molar-refractivity contribution in [1.82, 2.24) is 0 Å². The van der Waals surface area contributed by atoms with Gasteiger partial charge in [-0.1, -0.05) is 48.6 Å². The second-order valence-corrected chi connectivity index (χ2v) is 4.58. The van der Waals surface area contributed by atoms with Crippen molar-refractivity contribution in [1.29, 1.82) is 0 Å². The Bertz CT molecular complexity index is 516. The van der Waals surface area contributed by atoms with Crippen LogP contribution in [0, 0.1) is 0 Å². The first-order chi connectivity index (χ1) is 8.12. The van der Waals surface area contributed by atoms with Gasteiger partial charge in [0, 0.05) is 0 Å². The third-order valence-electron chi connectivity index (χ3n) is 3.29. The zero-order valence-corrected chi connectivity index (χ0v) is 10.7. The molecule has 88 valence electrons. The van der Waals surface area contributed by atoms with E-state index in [2.05, 4.69) is 55.5 Å². The van der Waals surface area contributed by atoms with Gasteiger partial charge in [0.2, 0.25) is 0 Å². The Labute approximate surface area is 103 Å². The number of allylic oxidation sites excluding steroid dienone is 4. The Morgan fingerprint density at radius 1 is 1.06 bits per heavy atom. The zero-order valence-electron chi connectivity index (χ0n) is 10.7. The molecule has 1 aliphatic carbocycles. The fraction of sp³-hybridized carbons (Fsp3) is 0.250. The van der Waals surface area contributed by atoms with Gasteiger partial charge in [-0.15, -0.1) is 0 Å². The van der Waals surface area contributed by atoms with Crippen LogP contribution in [0.25, 0.3) is 5.57 Å². The molecule has 0 radical (unpaired) electrons. The number of hydrogen-bond acceptors (Lipinski definition) is 1. The Kier molecular flexibility index (Phi) is 3.03. The van der Waals surface area contributed by atoms with Gasteiger partial charge in [0.1, 0.15) is 0 Å². The van der Waals surface area contributed by atoms with Crippen molar-refractivity contribution in [3.05, 3.63) is 65.3 Å². The topological polar surface area (TPSA) is 26.0 Å². The Hall–Kier alpha value is -1.60. The lowest BCUT2D eigenvalue weighted by molar-refractivity contribution is 0.615. The highest BCUT2D eigenvalue weighted by molar-refractivity contribution is 5.87. The molecule has 0 heterocycles. The van der Waals surface area contributed by atoms with Gasteiger partial charge in [0.25, 0.3) is 0 Å². The van der Waals surface area contributed by atoms with E-state index in [9.17, 15) is 0 Å². The van der Waals surface area contributed by atoms with Gasteiger partial charge in [-0.05, 0) is 43.0 Å². The highest BCUT2D eigenvalue weighted by Gasteiger charge is 2.35. The van der Waals surface area contributed by atoms with Crippen molar-refractivity contribution in [3.8, 4) is 0 Å². The van der Waals surface area contributed by atoms with Gasteiger partial charge in [-0.2, -0.15) is 0 Å². The lowest BCUT2D eigenvalue weighted by Crippen LogP contribution is -2.32. The lowest BCUT2D eigenvalue weighted by atomic mass is 9.89. The molecule has 2 rings (SSSR count). The van der Waals surface area contributed by atoms with Crippen LogP contribution in [-0.2, 0) is 5.54 Å². The van der Waals surface area contributed by atoms with Crippen molar-refractivity contribution in [2.24, 2.45) is 5.73 Å². The minimum Gasteiger partial charge on any atom is -0.318 e. The van der Waals surface area contributed by atoms with Crippen LogP contribution >= 0.6 is 0 Å². The van der Waals surface area contributed by atoms with E-state index in [0.29, 0.717) is 0 Å². The molecule has 0 bridgehead atoms. The van der Waals surface area contributed by atoms with Crippen LogP contribution in [-0.4, -0.2) is 0 Å². The maximum atomic E-state index is 6.50. The van der Waals surface area contributed by atoms with E-state index in [1.807, 2.05) is 13.8 Å². The number of fused-ring (bicyclic) bond motifs is 1. The summed E-state index contributed by atoms with van der Waals surface area (Å²) in [6.07, 6.45) is 8.38.